The largest absolute Gasteiger partial charge is 0.342 e. The molecule has 2 heterocycles. The van der Waals surface area contributed by atoms with Crippen molar-refractivity contribution < 1.29 is 0 Å². The molecule has 0 radical (unpaired) electrons. The number of anilines is 1. The summed E-state index contributed by atoms with van der Waals surface area (Å²) in [4.78, 5) is 6.84. The van der Waals surface area contributed by atoms with Crippen LogP contribution in [-0.4, -0.2) is 36.2 Å². The van der Waals surface area contributed by atoms with Gasteiger partial charge in [0.15, 0.2) is 0 Å². The van der Waals surface area contributed by atoms with Gasteiger partial charge in [-0.25, -0.2) is 4.98 Å². The lowest BCUT2D eigenvalue weighted by Gasteiger charge is -2.32. The van der Waals surface area contributed by atoms with Gasteiger partial charge in [0.05, 0.1) is 0 Å². The first-order valence-electron chi connectivity index (χ1n) is 6.36. The van der Waals surface area contributed by atoms with E-state index in [1.165, 1.54) is 12.8 Å². The summed E-state index contributed by atoms with van der Waals surface area (Å²) in [6, 6.07) is 0. The van der Waals surface area contributed by atoms with Gasteiger partial charge in [-0.2, -0.15) is 0 Å². The molecule has 1 saturated heterocycles. The van der Waals surface area contributed by atoms with Crippen molar-refractivity contribution in [1.29, 1.82) is 0 Å². The molecule has 4 nitrogen and oxygen atoms in total. The van der Waals surface area contributed by atoms with E-state index in [2.05, 4.69) is 26.3 Å². The Morgan fingerprint density at radius 3 is 2.94 bits per heavy atom. The molecular formula is C13H22N4. The van der Waals surface area contributed by atoms with E-state index < -0.39 is 0 Å². The Hall–Kier alpha value is -1.29. The number of nitrogens with zero attached hydrogens (tertiary/aromatic N) is 3. The maximum absolute atomic E-state index is 4.45. The van der Waals surface area contributed by atoms with Gasteiger partial charge in [0.2, 0.25) is 5.95 Å². The predicted octanol–water partition coefficient (Wildman–Crippen LogP) is 1.50. The fourth-order valence-corrected chi connectivity index (χ4v) is 2.49. The minimum Gasteiger partial charge on any atom is -0.342 e. The molecule has 1 N–H and O–H groups in total. The van der Waals surface area contributed by atoms with E-state index in [1.54, 1.807) is 0 Å². The maximum Gasteiger partial charge on any atom is 0.205 e. The van der Waals surface area contributed by atoms with Gasteiger partial charge in [-0.05, 0) is 32.4 Å². The lowest BCUT2D eigenvalue weighted by atomic mass is 9.97. The van der Waals surface area contributed by atoms with Crippen molar-refractivity contribution in [3.05, 3.63) is 25.0 Å². The fourth-order valence-electron chi connectivity index (χ4n) is 2.49. The quantitative estimate of drug-likeness (QED) is 0.784. The Morgan fingerprint density at radius 1 is 1.53 bits per heavy atom. The van der Waals surface area contributed by atoms with E-state index in [-0.39, 0.29) is 0 Å². The second-order valence-electron chi connectivity index (χ2n) is 4.66. The summed E-state index contributed by atoms with van der Waals surface area (Å²) in [6.07, 6.45) is 8.32. The first kappa shape index (κ1) is 12.2. The summed E-state index contributed by atoms with van der Waals surface area (Å²) < 4.78 is 2.16. The molecule has 0 atom stereocenters. The van der Waals surface area contributed by atoms with Gasteiger partial charge in [0.1, 0.15) is 0 Å². The number of nitrogens with one attached hydrogen (secondary N) is 1. The number of imidazole rings is 1. The summed E-state index contributed by atoms with van der Waals surface area (Å²) in [5.74, 6) is 1.91. The zero-order valence-electron chi connectivity index (χ0n) is 10.6. The molecule has 1 aromatic heterocycles. The Morgan fingerprint density at radius 2 is 2.29 bits per heavy atom. The third-order valence-electron chi connectivity index (χ3n) is 3.41. The van der Waals surface area contributed by atoms with Crippen LogP contribution in [0.15, 0.2) is 25.0 Å². The topological polar surface area (TPSA) is 33.1 Å². The number of rotatable bonds is 5. The van der Waals surface area contributed by atoms with Gasteiger partial charge in [-0.15, -0.1) is 6.58 Å². The molecule has 2 rings (SSSR count). The summed E-state index contributed by atoms with van der Waals surface area (Å²) in [7, 11) is 2.03. The van der Waals surface area contributed by atoms with Gasteiger partial charge >= 0.3 is 0 Å². The van der Waals surface area contributed by atoms with Crippen molar-refractivity contribution in [2.75, 3.05) is 31.6 Å². The minimum absolute atomic E-state index is 0.819. The highest BCUT2D eigenvalue weighted by molar-refractivity contribution is 5.32. The molecule has 17 heavy (non-hydrogen) atoms. The van der Waals surface area contributed by atoms with Crippen molar-refractivity contribution in [3.63, 3.8) is 0 Å². The van der Waals surface area contributed by atoms with Crippen molar-refractivity contribution >= 4 is 5.95 Å². The lowest BCUT2D eigenvalue weighted by Crippen LogP contribution is -2.38. The van der Waals surface area contributed by atoms with Crippen LogP contribution < -0.4 is 10.2 Å². The molecule has 0 amide bonds. The number of aromatic nitrogens is 2. The van der Waals surface area contributed by atoms with E-state index >= 15 is 0 Å². The SMILES string of the molecule is C=CCn1ccnc1N1CCC(CNC)CC1. The molecule has 0 aromatic carbocycles. The summed E-state index contributed by atoms with van der Waals surface area (Å²) >= 11 is 0. The van der Waals surface area contributed by atoms with Crippen LogP contribution in [0.3, 0.4) is 0 Å². The van der Waals surface area contributed by atoms with Crippen molar-refractivity contribution in [2.24, 2.45) is 5.92 Å². The van der Waals surface area contributed by atoms with E-state index in [9.17, 15) is 0 Å². The van der Waals surface area contributed by atoms with Crippen LogP contribution in [-0.2, 0) is 6.54 Å². The average molecular weight is 234 g/mol. The second-order valence-corrected chi connectivity index (χ2v) is 4.66. The molecular weight excluding hydrogens is 212 g/mol. The summed E-state index contributed by atoms with van der Waals surface area (Å²) in [5.41, 5.74) is 0. The smallest absolute Gasteiger partial charge is 0.205 e. The third-order valence-corrected chi connectivity index (χ3v) is 3.41. The second kappa shape index (κ2) is 5.87. The molecule has 1 aromatic rings. The number of hydrogen-bond donors (Lipinski definition) is 1. The van der Waals surface area contributed by atoms with Crippen LogP contribution in [0.2, 0.25) is 0 Å². The Kier molecular flexibility index (Phi) is 4.20. The van der Waals surface area contributed by atoms with Crippen LogP contribution in [0.1, 0.15) is 12.8 Å². The van der Waals surface area contributed by atoms with Gasteiger partial charge in [-0.1, -0.05) is 6.08 Å². The summed E-state index contributed by atoms with van der Waals surface area (Å²) in [6.45, 7) is 7.98. The fraction of sp³-hybridized carbons (Fsp3) is 0.615. The van der Waals surface area contributed by atoms with Crippen molar-refractivity contribution in [3.8, 4) is 0 Å². The van der Waals surface area contributed by atoms with Gasteiger partial charge in [0.25, 0.3) is 0 Å². The Balaban J connectivity index is 1.95. The van der Waals surface area contributed by atoms with Crippen LogP contribution >= 0.6 is 0 Å². The molecule has 0 saturated carbocycles. The van der Waals surface area contributed by atoms with Crippen molar-refractivity contribution in [1.82, 2.24) is 14.9 Å². The number of allylic oxidation sites excluding steroid dienone is 1. The van der Waals surface area contributed by atoms with Crippen molar-refractivity contribution in [2.45, 2.75) is 19.4 Å². The van der Waals surface area contributed by atoms with E-state index in [0.29, 0.717) is 0 Å². The van der Waals surface area contributed by atoms with Crippen LogP contribution in [0.25, 0.3) is 0 Å². The maximum atomic E-state index is 4.45. The Labute approximate surface area is 103 Å². The van der Waals surface area contributed by atoms with Crippen LogP contribution in [0, 0.1) is 5.92 Å². The standard InChI is InChI=1S/C13H22N4/c1-3-7-16-10-6-15-13(16)17-8-4-12(5-9-17)11-14-2/h3,6,10,12,14H,1,4-5,7-9,11H2,2H3. The average Bonchev–Trinajstić information content (AvgIpc) is 2.79. The molecule has 0 bridgehead atoms. The minimum atomic E-state index is 0.819. The normalized spacial score (nSPS) is 17.4. The monoisotopic (exact) mass is 234 g/mol. The summed E-state index contributed by atoms with van der Waals surface area (Å²) in [5, 5.41) is 3.27. The zero-order valence-corrected chi connectivity index (χ0v) is 10.6. The molecule has 0 unspecified atom stereocenters. The first-order chi connectivity index (χ1) is 8.35. The van der Waals surface area contributed by atoms with Gasteiger partial charge in [0, 0.05) is 32.0 Å². The van der Waals surface area contributed by atoms with Gasteiger partial charge in [-0.3, -0.25) is 0 Å². The number of piperidine rings is 1. The van der Waals surface area contributed by atoms with E-state index in [0.717, 1.165) is 38.0 Å². The van der Waals surface area contributed by atoms with Crippen LogP contribution in [0.5, 0.6) is 0 Å². The molecule has 0 spiro atoms. The molecule has 1 fully saturated rings. The molecule has 1 aliphatic rings. The molecule has 1 aliphatic heterocycles. The first-order valence-corrected chi connectivity index (χ1v) is 6.36. The van der Waals surface area contributed by atoms with Crippen LogP contribution in [0.4, 0.5) is 5.95 Å². The predicted molar refractivity (Wildman–Crippen MR) is 71.3 cm³/mol. The zero-order chi connectivity index (χ0) is 12.1. The number of hydrogen-bond acceptors (Lipinski definition) is 3. The molecule has 4 heteroatoms. The molecule has 0 aliphatic carbocycles. The highest BCUT2D eigenvalue weighted by Gasteiger charge is 2.21. The lowest BCUT2D eigenvalue weighted by molar-refractivity contribution is 0.389. The Bertz CT molecular complexity index is 350. The third kappa shape index (κ3) is 2.88. The highest BCUT2D eigenvalue weighted by Crippen LogP contribution is 2.21. The van der Waals surface area contributed by atoms with Gasteiger partial charge < -0.3 is 14.8 Å². The van der Waals surface area contributed by atoms with E-state index in [1.807, 2.05) is 25.5 Å². The van der Waals surface area contributed by atoms with E-state index in [4.69, 9.17) is 0 Å². The molecule has 94 valence electrons. The highest BCUT2D eigenvalue weighted by atomic mass is 15.3.